The van der Waals surface area contributed by atoms with Crippen LogP contribution in [0.4, 0.5) is 17.3 Å². The van der Waals surface area contributed by atoms with Gasteiger partial charge in [0.15, 0.2) is 5.78 Å². The number of benzene rings is 1. The third-order valence-corrected chi connectivity index (χ3v) is 3.94. The number of nitrogens with zero attached hydrogens (tertiary/aromatic N) is 3. The number of aromatic nitrogens is 2. The molecule has 0 saturated heterocycles. The number of carbonyl (C=O) groups is 1. The number of fused-ring (bicyclic) bond motifs is 1. The van der Waals surface area contributed by atoms with E-state index in [4.69, 9.17) is 11.6 Å². The third kappa shape index (κ3) is 3.29. The summed E-state index contributed by atoms with van der Waals surface area (Å²) in [6.45, 7) is 0. The number of nitro benzene ring substituents is 1. The molecule has 1 N–H and O–H groups in total. The van der Waals surface area contributed by atoms with E-state index < -0.39 is 4.92 Å². The lowest BCUT2D eigenvalue weighted by molar-refractivity contribution is -0.384. The van der Waals surface area contributed by atoms with Gasteiger partial charge in [0.2, 0.25) is 5.95 Å². The van der Waals surface area contributed by atoms with Gasteiger partial charge in [0.05, 0.1) is 16.2 Å². The average molecular weight is 333 g/mol. The number of nitro groups is 1. The van der Waals surface area contributed by atoms with Crippen molar-refractivity contribution >= 4 is 34.7 Å². The van der Waals surface area contributed by atoms with Gasteiger partial charge < -0.3 is 5.32 Å². The lowest BCUT2D eigenvalue weighted by Gasteiger charge is -2.08. The SMILES string of the molecule is O=C1CCCCc2nc(Nc3ccc([N+](=O)[O-])c(Cl)c3)ncc21. The van der Waals surface area contributed by atoms with Crippen LogP contribution in [-0.2, 0) is 6.42 Å². The van der Waals surface area contributed by atoms with Gasteiger partial charge in [-0.15, -0.1) is 0 Å². The van der Waals surface area contributed by atoms with E-state index in [2.05, 4.69) is 15.3 Å². The van der Waals surface area contributed by atoms with Crippen LogP contribution in [0.1, 0.15) is 35.3 Å². The summed E-state index contributed by atoms with van der Waals surface area (Å²) in [5.74, 6) is 0.408. The van der Waals surface area contributed by atoms with Crippen LogP contribution in [0.2, 0.25) is 5.02 Å². The molecule has 0 radical (unpaired) electrons. The van der Waals surface area contributed by atoms with Crippen LogP contribution in [0, 0.1) is 10.1 Å². The molecule has 0 fully saturated rings. The highest BCUT2D eigenvalue weighted by Crippen LogP contribution is 2.28. The highest BCUT2D eigenvalue weighted by molar-refractivity contribution is 6.32. The molecule has 0 spiro atoms. The zero-order valence-corrected chi connectivity index (χ0v) is 12.8. The number of anilines is 2. The van der Waals surface area contributed by atoms with Crippen molar-refractivity contribution in [3.8, 4) is 0 Å². The van der Waals surface area contributed by atoms with Gasteiger partial charge in [-0.2, -0.15) is 0 Å². The average Bonchev–Trinajstić information content (AvgIpc) is 2.68. The Hall–Kier alpha value is -2.54. The van der Waals surface area contributed by atoms with Crippen LogP contribution in [0.25, 0.3) is 0 Å². The topological polar surface area (TPSA) is 98.0 Å². The molecular weight excluding hydrogens is 320 g/mol. The highest BCUT2D eigenvalue weighted by Gasteiger charge is 2.18. The van der Waals surface area contributed by atoms with Gasteiger partial charge in [0, 0.05) is 24.4 Å². The van der Waals surface area contributed by atoms with E-state index in [1.807, 2.05) is 0 Å². The second-order valence-electron chi connectivity index (χ2n) is 5.23. The lowest BCUT2D eigenvalue weighted by Crippen LogP contribution is -2.07. The Morgan fingerprint density at radius 1 is 1.26 bits per heavy atom. The standard InChI is InChI=1S/C15H13ClN4O3/c16-11-7-9(5-6-13(11)20(22)23)18-15-17-8-10-12(19-15)3-1-2-4-14(10)21/h5-8H,1-4H2,(H,17,18,19). The Kier molecular flexibility index (Phi) is 4.20. The molecule has 2 aromatic rings. The number of carbonyl (C=O) groups excluding carboxylic acids is 1. The van der Waals surface area contributed by atoms with E-state index in [1.165, 1.54) is 24.4 Å². The molecule has 0 bridgehead atoms. The quantitative estimate of drug-likeness (QED) is 0.523. The van der Waals surface area contributed by atoms with Crippen molar-refractivity contribution in [1.29, 1.82) is 0 Å². The van der Waals surface area contributed by atoms with Crippen molar-refractivity contribution < 1.29 is 9.72 Å². The van der Waals surface area contributed by atoms with Crippen molar-refractivity contribution in [2.75, 3.05) is 5.32 Å². The summed E-state index contributed by atoms with van der Waals surface area (Å²) in [5.41, 5.74) is 1.69. The van der Waals surface area contributed by atoms with Crippen molar-refractivity contribution in [2.24, 2.45) is 0 Å². The molecule has 0 amide bonds. The molecule has 0 saturated carbocycles. The maximum absolute atomic E-state index is 11.9. The van der Waals surface area contributed by atoms with Gasteiger partial charge in [0.1, 0.15) is 5.02 Å². The predicted octanol–water partition coefficient (Wildman–Crippen LogP) is 3.69. The Morgan fingerprint density at radius 2 is 2.04 bits per heavy atom. The predicted molar refractivity (Wildman–Crippen MR) is 85.3 cm³/mol. The van der Waals surface area contributed by atoms with Crippen molar-refractivity contribution in [2.45, 2.75) is 25.7 Å². The number of nitrogens with one attached hydrogen (secondary N) is 1. The highest BCUT2D eigenvalue weighted by atomic mass is 35.5. The van der Waals surface area contributed by atoms with Crippen LogP contribution < -0.4 is 5.32 Å². The summed E-state index contributed by atoms with van der Waals surface area (Å²) in [6.07, 6.45) is 4.57. The van der Waals surface area contributed by atoms with Crippen molar-refractivity contribution in [1.82, 2.24) is 9.97 Å². The minimum Gasteiger partial charge on any atom is -0.324 e. The van der Waals surface area contributed by atoms with Gasteiger partial charge in [-0.1, -0.05) is 11.6 Å². The van der Waals surface area contributed by atoms with E-state index in [0.29, 0.717) is 23.6 Å². The van der Waals surface area contributed by atoms with E-state index in [-0.39, 0.29) is 16.5 Å². The van der Waals surface area contributed by atoms with Crippen LogP contribution in [-0.4, -0.2) is 20.7 Å². The van der Waals surface area contributed by atoms with E-state index in [0.717, 1.165) is 25.0 Å². The number of aryl methyl sites for hydroxylation is 1. The second-order valence-corrected chi connectivity index (χ2v) is 5.64. The summed E-state index contributed by atoms with van der Waals surface area (Å²) >= 11 is 5.88. The molecule has 1 heterocycles. The zero-order chi connectivity index (χ0) is 16.4. The molecule has 1 aliphatic carbocycles. The fourth-order valence-corrected chi connectivity index (χ4v) is 2.72. The van der Waals surface area contributed by atoms with Gasteiger partial charge in [-0.05, 0) is 31.4 Å². The largest absolute Gasteiger partial charge is 0.324 e. The number of hydrogen-bond acceptors (Lipinski definition) is 6. The molecule has 1 aliphatic rings. The Labute approximate surface area is 136 Å². The maximum atomic E-state index is 11.9. The monoisotopic (exact) mass is 332 g/mol. The molecule has 0 aliphatic heterocycles. The van der Waals surface area contributed by atoms with Crippen LogP contribution in [0.3, 0.4) is 0 Å². The van der Waals surface area contributed by atoms with Gasteiger partial charge in [0.25, 0.3) is 5.69 Å². The Balaban J connectivity index is 1.86. The normalized spacial score (nSPS) is 14.0. The van der Waals surface area contributed by atoms with Gasteiger partial charge in [-0.25, -0.2) is 9.97 Å². The molecule has 118 valence electrons. The van der Waals surface area contributed by atoms with Crippen LogP contribution >= 0.6 is 11.6 Å². The second kappa shape index (κ2) is 6.29. The minimum atomic E-state index is -0.545. The Morgan fingerprint density at radius 3 is 2.78 bits per heavy atom. The number of ketones is 1. The molecule has 7 nitrogen and oxygen atoms in total. The molecular formula is C15H13ClN4O3. The summed E-state index contributed by atoms with van der Waals surface area (Å²) < 4.78 is 0. The first-order chi connectivity index (χ1) is 11.0. The van der Waals surface area contributed by atoms with Gasteiger partial charge in [-0.3, -0.25) is 14.9 Å². The third-order valence-electron chi connectivity index (χ3n) is 3.64. The van der Waals surface area contributed by atoms with Crippen molar-refractivity contribution in [3.05, 3.63) is 50.8 Å². The smallest absolute Gasteiger partial charge is 0.288 e. The van der Waals surface area contributed by atoms with E-state index in [1.54, 1.807) is 0 Å². The Bertz CT molecular complexity index is 794. The number of hydrogen-bond donors (Lipinski definition) is 1. The molecule has 1 aromatic carbocycles. The number of Topliss-reactive ketones (excluding diaryl/α,β-unsaturated/α-hetero) is 1. The first-order valence-corrected chi connectivity index (χ1v) is 7.52. The molecule has 0 unspecified atom stereocenters. The van der Waals surface area contributed by atoms with Crippen LogP contribution in [0.5, 0.6) is 0 Å². The molecule has 1 aromatic heterocycles. The number of halogens is 1. The zero-order valence-electron chi connectivity index (χ0n) is 12.1. The van der Waals surface area contributed by atoms with E-state index >= 15 is 0 Å². The number of rotatable bonds is 3. The summed E-state index contributed by atoms with van der Waals surface area (Å²) in [6, 6.07) is 4.29. The lowest BCUT2D eigenvalue weighted by atomic mass is 10.1. The summed E-state index contributed by atoms with van der Waals surface area (Å²) in [7, 11) is 0. The van der Waals surface area contributed by atoms with Gasteiger partial charge >= 0.3 is 0 Å². The molecule has 0 atom stereocenters. The molecule has 3 rings (SSSR count). The summed E-state index contributed by atoms with van der Waals surface area (Å²) in [4.78, 5) is 30.7. The first-order valence-electron chi connectivity index (χ1n) is 7.14. The van der Waals surface area contributed by atoms with E-state index in [9.17, 15) is 14.9 Å². The fraction of sp³-hybridized carbons (Fsp3) is 0.267. The fourth-order valence-electron chi connectivity index (χ4n) is 2.48. The molecule has 8 heteroatoms. The maximum Gasteiger partial charge on any atom is 0.288 e. The van der Waals surface area contributed by atoms with Crippen molar-refractivity contribution in [3.63, 3.8) is 0 Å². The molecule has 23 heavy (non-hydrogen) atoms. The minimum absolute atomic E-state index is 0.0323. The van der Waals surface area contributed by atoms with Crippen LogP contribution in [0.15, 0.2) is 24.4 Å². The first kappa shape index (κ1) is 15.4. The summed E-state index contributed by atoms with van der Waals surface area (Å²) in [5, 5.41) is 13.7.